The van der Waals surface area contributed by atoms with E-state index >= 15 is 0 Å². The van der Waals surface area contributed by atoms with Crippen molar-refractivity contribution in [2.24, 2.45) is 0 Å². The standard InChI is InChI=1S/C19H22N6O6S/c1-2-3-13(18(28)29)22-16(26)11-6-4-10(5-7-11)9-21-32(30,31)14-8-12-15(23-14)24-19(20)25-17(12)27/h4-8,13,21H,2-3,9H2,1H3,(H,22,26)(H,28,29)(H4,20,23,24,25,27)/t13-/m0/s1. The predicted octanol–water partition coefficient (Wildman–Crippen LogP) is 0.295. The molecule has 1 amide bonds. The molecular weight excluding hydrogens is 440 g/mol. The number of aliphatic carboxylic acids is 1. The number of nitrogen functional groups attached to an aromatic ring is 1. The highest BCUT2D eigenvalue weighted by Gasteiger charge is 2.21. The molecule has 0 saturated heterocycles. The maximum absolute atomic E-state index is 12.6. The summed E-state index contributed by atoms with van der Waals surface area (Å²) in [4.78, 5) is 44.0. The molecule has 32 heavy (non-hydrogen) atoms. The third-order valence-corrected chi connectivity index (χ3v) is 5.97. The smallest absolute Gasteiger partial charge is 0.326 e. The number of aromatic nitrogens is 3. The summed E-state index contributed by atoms with van der Waals surface area (Å²) in [5, 5.41) is 11.4. The second-order valence-electron chi connectivity index (χ2n) is 7.02. The number of hydrogen-bond donors (Lipinski definition) is 6. The van der Waals surface area contributed by atoms with Crippen molar-refractivity contribution in [1.82, 2.24) is 25.0 Å². The van der Waals surface area contributed by atoms with Crippen molar-refractivity contribution in [2.75, 3.05) is 5.73 Å². The van der Waals surface area contributed by atoms with E-state index in [0.29, 0.717) is 18.4 Å². The molecule has 3 aromatic rings. The van der Waals surface area contributed by atoms with E-state index in [0.717, 1.165) is 6.07 Å². The molecule has 0 aliphatic heterocycles. The predicted molar refractivity (Wildman–Crippen MR) is 115 cm³/mol. The number of carbonyl (C=O) groups excluding carboxylic acids is 1. The fourth-order valence-corrected chi connectivity index (χ4v) is 3.99. The van der Waals surface area contributed by atoms with Gasteiger partial charge in [-0.25, -0.2) is 17.9 Å². The van der Waals surface area contributed by atoms with Crippen LogP contribution in [0.1, 0.15) is 35.7 Å². The van der Waals surface area contributed by atoms with Gasteiger partial charge in [0, 0.05) is 12.1 Å². The summed E-state index contributed by atoms with van der Waals surface area (Å²) in [7, 11) is -3.99. The Kier molecular flexibility index (Phi) is 6.60. The number of fused-ring (bicyclic) bond motifs is 1. The van der Waals surface area contributed by atoms with E-state index in [4.69, 9.17) is 10.8 Å². The largest absolute Gasteiger partial charge is 0.480 e. The number of sulfonamides is 1. The van der Waals surface area contributed by atoms with E-state index in [-0.39, 0.29) is 34.1 Å². The highest BCUT2D eigenvalue weighted by Crippen LogP contribution is 2.15. The zero-order valence-corrected chi connectivity index (χ0v) is 17.8. The van der Waals surface area contributed by atoms with Crippen molar-refractivity contribution >= 4 is 38.9 Å². The van der Waals surface area contributed by atoms with E-state index in [1.54, 1.807) is 12.1 Å². The number of carbonyl (C=O) groups is 2. The number of carboxylic acids is 1. The summed E-state index contributed by atoms with van der Waals surface area (Å²) in [5.41, 5.74) is 5.75. The van der Waals surface area contributed by atoms with E-state index in [2.05, 4.69) is 25.0 Å². The Balaban J connectivity index is 1.68. The Bertz CT molecular complexity index is 1310. The molecule has 0 unspecified atom stereocenters. The summed E-state index contributed by atoms with van der Waals surface area (Å²) >= 11 is 0. The fourth-order valence-electron chi connectivity index (χ4n) is 2.98. The van der Waals surface area contributed by atoms with Crippen LogP contribution >= 0.6 is 0 Å². The summed E-state index contributed by atoms with van der Waals surface area (Å²) in [6.45, 7) is 1.73. The average molecular weight is 462 g/mol. The van der Waals surface area contributed by atoms with Gasteiger partial charge in [-0.3, -0.25) is 14.6 Å². The van der Waals surface area contributed by atoms with Crippen molar-refractivity contribution in [3.8, 4) is 0 Å². The van der Waals surface area contributed by atoms with Gasteiger partial charge in [0.2, 0.25) is 5.95 Å². The molecule has 0 radical (unpaired) electrons. The van der Waals surface area contributed by atoms with Crippen LogP contribution in [0.4, 0.5) is 5.95 Å². The first-order valence-electron chi connectivity index (χ1n) is 9.61. The van der Waals surface area contributed by atoms with Crippen LogP contribution in [0.25, 0.3) is 11.0 Å². The number of nitrogens with two attached hydrogens (primary N) is 1. The van der Waals surface area contributed by atoms with Crippen molar-refractivity contribution in [1.29, 1.82) is 0 Å². The van der Waals surface area contributed by atoms with Gasteiger partial charge in [-0.1, -0.05) is 25.5 Å². The number of nitrogens with zero attached hydrogens (tertiary/aromatic N) is 1. The third kappa shape index (κ3) is 5.12. The highest BCUT2D eigenvalue weighted by molar-refractivity contribution is 7.89. The van der Waals surface area contributed by atoms with Gasteiger partial charge in [-0.05, 0) is 30.2 Å². The van der Waals surface area contributed by atoms with Gasteiger partial charge in [-0.15, -0.1) is 0 Å². The van der Waals surface area contributed by atoms with E-state index in [9.17, 15) is 22.8 Å². The number of amides is 1. The zero-order chi connectivity index (χ0) is 23.5. The number of carboxylic acid groups (broad SMARTS) is 1. The van der Waals surface area contributed by atoms with Crippen molar-refractivity contribution in [3.63, 3.8) is 0 Å². The number of aromatic amines is 2. The number of benzene rings is 1. The number of anilines is 1. The monoisotopic (exact) mass is 462 g/mol. The third-order valence-electron chi connectivity index (χ3n) is 4.64. The Morgan fingerprint density at radius 2 is 1.91 bits per heavy atom. The van der Waals surface area contributed by atoms with Gasteiger partial charge in [0.25, 0.3) is 21.5 Å². The Labute approximate surface area is 182 Å². The molecule has 0 spiro atoms. The minimum Gasteiger partial charge on any atom is -0.480 e. The maximum atomic E-state index is 12.6. The lowest BCUT2D eigenvalue weighted by Crippen LogP contribution is -2.40. The number of rotatable bonds is 9. The minimum atomic E-state index is -3.99. The Hall–Kier alpha value is -3.71. The van der Waals surface area contributed by atoms with Crippen LogP contribution in [0.5, 0.6) is 0 Å². The van der Waals surface area contributed by atoms with Crippen LogP contribution in [0, 0.1) is 0 Å². The van der Waals surface area contributed by atoms with Gasteiger partial charge in [0.1, 0.15) is 16.7 Å². The lowest BCUT2D eigenvalue weighted by Gasteiger charge is -2.13. The molecule has 1 atom stereocenters. The first-order chi connectivity index (χ1) is 15.1. The first kappa shape index (κ1) is 23.0. The Morgan fingerprint density at radius 3 is 2.53 bits per heavy atom. The van der Waals surface area contributed by atoms with Gasteiger partial charge < -0.3 is 21.1 Å². The summed E-state index contributed by atoms with van der Waals surface area (Å²) in [6.07, 6.45) is 0.910. The number of nitrogens with one attached hydrogen (secondary N) is 4. The lowest BCUT2D eigenvalue weighted by atomic mass is 10.1. The highest BCUT2D eigenvalue weighted by atomic mass is 32.2. The van der Waals surface area contributed by atoms with Crippen LogP contribution in [-0.4, -0.2) is 46.4 Å². The van der Waals surface area contributed by atoms with Gasteiger partial charge >= 0.3 is 5.97 Å². The van der Waals surface area contributed by atoms with Crippen molar-refractivity contribution in [2.45, 2.75) is 37.4 Å². The van der Waals surface area contributed by atoms with Crippen molar-refractivity contribution < 1.29 is 23.1 Å². The van der Waals surface area contributed by atoms with Gasteiger partial charge in [-0.2, -0.15) is 4.98 Å². The molecule has 0 aliphatic carbocycles. The van der Waals surface area contributed by atoms with E-state index in [1.165, 1.54) is 12.1 Å². The first-order valence-corrected chi connectivity index (χ1v) is 11.1. The van der Waals surface area contributed by atoms with Crippen LogP contribution in [0.2, 0.25) is 0 Å². The fraction of sp³-hybridized carbons (Fsp3) is 0.263. The molecule has 0 bridgehead atoms. The molecule has 3 rings (SSSR count). The molecule has 2 heterocycles. The number of hydrogen-bond acceptors (Lipinski definition) is 7. The molecule has 2 aromatic heterocycles. The zero-order valence-electron chi connectivity index (χ0n) is 17.0. The maximum Gasteiger partial charge on any atom is 0.326 e. The molecule has 0 fully saturated rings. The molecule has 170 valence electrons. The second-order valence-corrected chi connectivity index (χ2v) is 8.76. The molecule has 0 saturated carbocycles. The molecule has 0 aliphatic rings. The van der Waals surface area contributed by atoms with Gasteiger partial charge in [0.15, 0.2) is 0 Å². The topological polar surface area (TPSA) is 200 Å². The van der Waals surface area contributed by atoms with Crippen molar-refractivity contribution in [3.05, 3.63) is 51.8 Å². The quantitative estimate of drug-likeness (QED) is 0.260. The van der Waals surface area contributed by atoms with E-state index in [1.807, 2.05) is 6.92 Å². The molecular formula is C19H22N6O6S. The Morgan fingerprint density at radius 1 is 1.22 bits per heavy atom. The number of H-pyrrole nitrogens is 2. The molecule has 7 N–H and O–H groups in total. The summed E-state index contributed by atoms with van der Waals surface area (Å²) in [6, 6.07) is 6.22. The van der Waals surface area contributed by atoms with Crippen LogP contribution in [-0.2, 0) is 21.4 Å². The minimum absolute atomic E-state index is 0.0460. The molecule has 13 heteroatoms. The lowest BCUT2D eigenvalue weighted by molar-refractivity contribution is -0.139. The summed E-state index contributed by atoms with van der Waals surface area (Å²) < 4.78 is 27.5. The van der Waals surface area contributed by atoms with Gasteiger partial charge in [0.05, 0.1) is 5.39 Å². The van der Waals surface area contributed by atoms with Crippen LogP contribution < -0.4 is 21.3 Å². The molecule has 12 nitrogen and oxygen atoms in total. The summed E-state index contributed by atoms with van der Waals surface area (Å²) in [5.74, 6) is -1.79. The van der Waals surface area contributed by atoms with Crippen LogP contribution in [0.3, 0.4) is 0 Å². The molecule has 1 aromatic carbocycles. The van der Waals surface area contributed by atoms with E-state index < -0.39 is 33.5 Å². The van der Waals surface area contributed by atoms with Crippen LogP contribution in [0.15, 0.2) is 40.2 Å². The second kappa shape index (κ2) is 9.20. The normalized spacial score (nSPS) is 12.5. The SMILES string of the molecule is CCC[C@H](NC(=O)c1ccc(CNS(=O)(=O)c2cc3c(=O)[nH]c(N)nc3[nH]2)cc1)C(=O)O. The average Bonchev–Trinajstić information content (AvgIpc) is 3.17.